The average Bonchev–Trinajstić information content (AvgIpc) is 2.98. The number of aromatic nitrogens is 2. The summed E-state index contributed by atoms with van der Waals surface area (Å²) in [7, 11) is 1.71. The molecule has 1 aromatic heterocycles. The largest absolute Gasteiger partial charge is 0.385 e. The smallest absolute Gasteiger partial charge is 0.223 e. The molecule has 0 aliphatic carbocycles. The van der Waals surface area contributed by atoms with Gasteiger partial charge in [-0.1, -0.05) is 19.0 Å². The van der Waals surface area contributed by atoms with Gasteiger partial charge in [0.05, 0.1) is 0 Å². The molecular formula is C17H29N3O3. The molecule has 1 amide bonds. The Morgan fingerprint density at radius 1 is 1.39 bits per heavy atom. The van der Waals surface area contributed by atoms with E-state index in [0.717, 1.165) is 44.6 Å². The van der Waals surface area contributed by atoms with Crippen LogP contribution in [0.2, 0.25) is 0 Å². The molecule has 1 fully saturated rings. The molecule has 2 rings (SSSR count). The Bertz CT molecular complexity index is 505. The summed E-state index contributed by atoms with van der Waals surface area (Å²) in [5, 5.41) is 4.15. The quantitative estimate of drug-likeness (QED) is 0.771. The van der Waals surface area contributed by atoms with E-state index in [1.807, 2.05) is 11.8 Å². The van der Waals surface area contributed by atoms with E-state index >= 15 is 0 Å². The van der Waals surface area contributed by atoms with Crippen LogP contribution in [-0.4, -0.2) is 47.8 Å². The number of methoxy groups -OCH3 is 1. The minimum absolute atomic E-state index is 0.136. The number of piperidine rings is 1. The van der Waals surface area contributed by atoms with Crippen molar-refractivity contribution in [3.8, 4) is 0 Å². The first-order valence-corrected chi connectivity index (χ1v) is 8.54. The van der Waals surface area contributed by atoms with E-state index in [1.54, 1.807) is 7.11 Å². The van der Waals surface area contributed by atoms with Crippen molar-refractivity contribution in [3.05, 3.63) is 11.7 Å². The fourth-order valence-corrected chi connectivity index (χ4v) is 3.15. The number of carbonyl (C=O) groups excluding carboxylic acids is 1. The fourth-order valence-electron chi connectivity index (χ4n) is 3.15. The lowest BCUT2D eigenvalue weighted by molar-refractivity contribution is -0.133. The number of hydrogen-bond donors (Lipinski definition) is 0. The monoisotopic (exact) mass is 323 g/mol. The summed E-state index contributed by atoms with van der Waals surface area (Å²) in [6, 6.07) is 0. The number of likely N-dealkylation sites (tertiary alicyclic amines) is 1. The highest BCUT2D eigenvalue weighted by Gasteiger charge is 2.40. The molecule has 0 unspecified atom stereocenters. The Kier molecular flexibility index (Phi) is 6.16. The van der Waals surface area contributed by atoms with Crippen LogP contribution in [0.15, 0.2) is 4.52 Å². The van der Waals surface area contributed by atoms with Crippen molar-refractivity contribution in [1.82, 2.24) is 15.0 Å². The van der Waals surface area contributed by atoms with Gasteiger partial charge < -0.3 is 14.2 Å². The summed E-state index contributed by atoms with van der Waals surface area (Å²) in [5.41, 5.74) is -0.136. The highest BCUT2D eigenvalue weighted by atomic mass is 16.5. The van der Waals surface area contributed by atoms with E-state index in [2.05, 4.69) is 24.0 Å². The number of rotatable bonds is 7. The highest BCUT2D eigenvalue weighted by molar-refractivity contribution is 5.76. The van der Waals surface area contributed by atoms with Gasteiger partial charge in [-0.15, -0.1) is 0 Å². The van der Waals surface area contributed by atoms with Crippen molar-refractivity contribution < 1.29 is 14.1 Å². The predicted octanol–water partition coefficient (Wildman–Crippen LogP) is 2.71. The maximum Gasteiger partial charge on any atom is 0.223 e. The molecule has 2 heterocycles. The molecule has 0 N–H and O–H groups in total. The predicted molar refractivity (Wildman–Crippen MR) is 87.1 cm³/mol. The topological polar surface area (TPSA) is 68.5 Å². The zero-order chi connectivity index (χ0) is 16.9. The van der Waals surface area contributed by atoms with E-state index in [9.17, 15) is 4.79 Å². The first-order chi connectivity index (χ1) is 11.0. The molecule has 0 saturated carbocycles. The molecule has 6 nitrogen and oxygen atoms in total. The number of carbonyl (C=O) groups is 1. The highest BCUT2D eigenvalue weighted by Crippen LogP contribution is 2.37. The molecular weight excluding hydrogens is 294 g/mol. The average molecular weight is 323 g/mol. The van der Waals surface area contributed by atoms with Gasteiger partial charge in [0.25, 0.3) is 0 Å². The number of hydrogen-bond acceptors (Lipinski definition) is 5. The van der Waals surface area contributed by atoms with Crippen LogP contribution in [0, 0.1) is 12.8 Å². The number of amides is 1. The lowest BCUT2D eigenvalue weighted by Crippen LogP contribution is -2.46. The standard InChI is InChI=1S/C17H29N3O3/c1-13(2)5-6-15(21)20-10-7-17(8-11-20,9-12-22-4)16-18-14(3)23-19-16/h13H,5-12H2,1-4H3. The zero-order valence-electron chi connectivity index (χ0n) is 14.8. The molecule has 0 spiro atoms. The van der Waals surface area contributed by atoms with Gasteiger partial charge in [0.1, 0.15) is 0 Å². The van der Waals surface area contributed by atoms with Gasteiger partial charge in [0, 0.05) is 45.6 Å². The van der Waals surface area contributed by atoms with Crippen LogP contribution < -0.4 is 0 Å². The lowest BCUT2D eigenvalue weighted by Gasteiger charge is -2.40. The first kappa shape index (κ1) is 17.9. The Hall–Kier alpha value is -1.43. The normalized spacial score (nSPS) is 17.7. The Morgan fingerprint density at radius 3 is 2.61 bits per heavy atom. The number of ether oxygens (including phenoxy) is 1. The van der Waals surface area contributed by atoms with Crippen molar-refractivity contribution in [1.29, 1.82) is 0 Å². The van der Waals surface area contributed by atoms with E-state index in [0.29, 0.717) is 24.8 Å². The van der Waals surface area contributed by atoms with Gasteiger partial charge in [-0.3, -0.25) is 4.79 Å². The van der Waals surface area contributed by atoms with Crippen molar-refractivity contribution in [2.45, 2.75) is 58.3 Å². The number of aryl methyl sites for hydroxylation is 1. The van der Waals surface area contributed by atoms with Crippen LogP contribution in [0.25, 0.3) is 0 Å². The minimum atomic E-state index is -0.136. The van der Waals surface area contributed by atoms with Crippen molar-refractivity contribution in [3.63, 3.8) is 0 Å². The molecule has 0 atom stereocenters. The Morgan fingerprint density at radius 2 is 2.09 bits per heavy atom. The molecule has 1 aliphatic heterocycles. The summed E-state index contributed by atoms with van der Waals surface area (Å²) in [6.07, 6.45) is 4.18. The van der Waals surface area contributed by atoms with Crippen molar-refractivity contribution in [2.24, 2.45) is 5.92 Å². The maximum absolute atomic E-state index is 12.3. The molecule has 23 heavy (non-hydrogen) atoms. The minimum Gasteiger partial charge on any atom is -0.385 e. The van der Waals surface area contributed by atoms with E-state index in [4.69, 9.17) is 9.26 Å². The lowest BCUT2D eigenvalue weighted by atomic mass is 9.75. The molecule has 130 valence electrons. The molecule has 6 heteroatoms. The van der Waals surface area contributed by atoms with Gasteiger partial charge in [-0.05, 0) is 31.6 Å². The Balaban J connectivity index is 2.00. The van der Waals surface area contributed by atoms with Crippen LogP contribution >= 0.6 is 0 Å². The van der Waals surface area contributed by atoms with E-state index < -0.39 is 0 Å². The molecule has 1 aliphatic rings. The van der Waals surface area contributed by atoms with Crippen LogP contribution in [-0.2, 0) is 14.9 Å². The zero-order valence-corrected chi connectivity index (χ0v) is 14.8. The second kappa shape index (κ2) is 7.90. The van der Waals surface area contributed by atoms with Crippen LogP contribution in [0.5, 0.6) is 0 Å². The molecule has 0 radical (unpaired) electrons. The summed E-state index contributed by atoms with van der Waals surface area (Å²) in [4.78, 5) is 18.8. The second-order valence-electron chi connectivity index (χ2n) is 6.97. The van der Waals surface area contributed by atoms with Crippen molar-refractivity contribution in [2.75, 3.05) is 26.8 Å². The van der Waals surface area contributed by atoms with Crippen LogP contribution in [0.3, 0.4) is 0 Å². The number of nitrogens with zero attached hydrogens (tertiary/aromatic N) is 3. The van der Waals surface area contributed by atoms with Gasteiger partial charge in [0.15, 0.2) is 5.82 Å². The summed E-state index contributed by atoms with van der Waals surface area (Å²) >= 11 is 0. The second-order valence-corrected chi connectivity index (χ2v) is 6.97. The summed E-state index contributed by atoms with van der Waals surface area (Å²) < 4.78 is 10.4. The third-order valence-electron chi connectivity index (χ3n) is 4.80. The summed E-state index contributed by atoms with van der Waals surface area (Å²) in [5.74, 6) is 2.18. The molecule has 0 bridgehead atoms. The third-order valence-corrected chi connectivity index (χ3v) is 4.80. The SMILES string of the molecule is COCCC1(c2noc(C)n2)CCN(C(=O)CCC(C)C)CC1. The molecule has 0 aromatic carbocycles. The van der Waals surface area contributed by atoms with E-state index in [-0.39, 0.29) is 11.3 Å². The van der Waals surface area contributed by atoms with Crippen LogP contribution in [0.1, 0.15) is 57.7 Å². The van der Waals surface area contributed by atoms with E-state index in [1.165, 1.54) is 0 Å². The van der Waals surface area contributed by atoms with Gasteiger partial charge >= 0.3 is 0 Å². The summed E-state index contributed by atoms with van der Waals surface area (Å²) in [6.45, 7) is 8.29. The van der Waals surface area contributed by atoms with Gasteiger partial charge in [-0.2, -0.15) is 4.98 Å². The fraction of sp³-hybridized carbons (Fsp3) is 0.824. The van der Waals surface area contributed by atoms with Gasteiger partial charge in [0.2, 0.25) is 11.8 Å². The van der Waals surface area contributed by atoms with Gasteiger partial charge in [-0.25, -0.2) is 0 Å². The Labute approximate surface area is 138 Å². The van der Waals surface area contributed by atoms with Crippen molar-refractivity contribution >= 4 is 5.91 Å². The molecule has 1 saturated heterocycles. The third kappa shape index (κ3) is 4.53. The maximum atomic E-state index is 12.3. The van der Waals surface area contributed by atoms with Crippen LogP contribution in [0.4, 0.5) is 0 Å². The molecule has 1 aromatic rings. The first-order valence-electron chi connectivity index (χ1n) is 8.54.